The third kappa shape index (κ3) is 2.36. The molecule has 0 aliphatic carbocycles. The van der Waals surface area contributed by atoms with Crippen molar-refractivity contribution < 1.29 is 0 Å². The zero-order valence-corrected chi connectivity index (χ0v) is 10.3. The van der Waals surface area contributed by atoms with E-state index in [0.29, 0.717) is 15.9 Å². The first kappa shape index (κ1) is 11.4. The Morgan fingerprint density at radius 3 is 2.88 bits per heavy atom. The van der Waals surface area contributed by atoms with Crippen LogP contribution in [0.5, 0.6) is 0 Å². The average molecular weight is 256 g/mol. The van der Waals surface area contributed by atoms with Crippen LogP contribution >= 0.6 is 23.2 Å². The number of halogens is 2. The van der Waals surface area contributed by atoms with Crippen LogP contribution in [0.2, 0.25) is 10.0 Å². The van der Waals surface area contributed by atoms with E-state index in [1.807, 2.05) is 0 Å². The number of hydrogen-bond acceptors (Lipinski definition) is 2. The van der Waals surface area contributed by atoms with Crippen LogP contribution in [-0.4, -0.2) is 15.2 Å². The molecule has 0 fully saturated rings. The molecule has 16 heavy (non-hydrogen) atoms. The van der Waals surface area contributed by atoms with Crippen LogP contribution in [0.4, 0.5) is 0 Å². The minimum absolute atomic E-state index is 0.593. The minimum atomic E-state index is 0.593. The van der Waals surface area contributed by atoms with Gasteiger partial charge in [-0.25, -0.2) is 4.98 Å². The predicted octanol–water partition coefficient (Wildman–Crippen LogP) is 3.73. The van der Waals surface area contributed by atoms with Crippen molar-refractivity contribution in [2.45, 2.75) is 19.8 Å². The molecule has 2 aromatic rings. The number of nitrogens with one attached hydrogen (secondary N) is 1. The molecular weight excluding hydrogens is 245 g/mol. The van der Waals surface area contributed by atoms with Gasteiger partial charge in [-0.2, -0.15) is 5.10 Å². The summed E-state index contributed by atoms with van der Waals surface area (Å²) in [6.07, 6.45) is 1.91. The van der Waals surface area contributed by atoms with Crippen LogP contribution in [0, 0.1) is 0 Å². The van der Waals surface area contributed by atoms with E-state index in [4.69, 9.17) is 23.2 Å². The Balaban J connectivity index is 2.38. The lowest BCUT2D eigenvalue weighted by Gasteiger charge is -1.99. The van der Waals surface area contributed by atoms with E-state index in [1.165, 1.54) is 0 Å². The van der Waals surface area contributed by atoms with Crippen molar-refractivity contribution in [1.82, 2.24) is 15.2 Å². The van der Waals surface area contributed by atoms with Crippen molar-refractivity contribution in [3.63, 3.8) is 0 Å². The van der Waals surface area contributed by atoms with Crippen LogP contribution in [0.15, 0.2) is 18.2 Å². The number of hydrogen-bond donors (Lipinski definition) is 1. The first-order valence-electron chi connectivity index (χ1n) is 5.07. The second-order valence-electron chi connectivity index (χ2n) is 3.48. The number of rotatable bonds is 3. The molecule has 3 nitrogen and oxygen atoms in total. The Labute approximate surface area is 104 Å². The summed E-state index contributed by atoms with van der Waals surface area (Å²) in [6.45, 7) is 2.09. The summed E-state index contributed by atoms with van der Waals surface area (Å²) in [6, 6.07) is 5.25. The molecule has 0 atom stereocenters. The molecule has 0 saturated carbocycles. The average Bonchev–Trinajstić information content (AvgIpc) is 2.71. The molecule has 0 unspecified atom stereocenters. The normalized spacial score (nSPS) is 10.7. The number of nitrogens with zero attached hydrogens (tertiary/aromatic N) is 2. The predicted molar refractivity (Wildman–Crippen MR) is 65.8 cm³/mol. The number of H-pyrrole nitrogens is 1. The molecule has 1 heterocycles. The van der Waals surface area contributed by atoms with E-state index < -0.39 is 0 Å². The lowest BCUT2D eigenvalue weighted by Crippen LogP contribution is -1.86. The van der Waals surface area contributed by atoms with Crippen LogP contribution in [0.3, 0.4) is 0 Å². The summed E-state index contributed by atoms with van der Waals surface area (Å²) in [4.78, 5) is 4.36. The van der Waals surface area contributed by atoms with Gasteiger partial charge in [-0.1, -0.05) is 30.1 Å². The van der Waals surface area contributed by atoms with Crippen molar-refractivity contribution >= 4 is 23.2 Å². The molecule has 0 spiro atoms. The summed E-state index contributed by atoms with van der Waals surface area (Å²) in [5.74, 6) is 1.46. The Hall–Kier alpha value is -1.06. The summed E-state index contributed by atoms with van der Waals surface area (Å²) in [5.41, 5.74) is 0.757. The van der Waals surface area contributed by atoms with Gasteiger partial charge in [-0.15, -0.1) is 0 Å². The molecular formula is C11H11Cl2N3. The lowest BCUT2D eigenvalue weighted by atomic mass is 10.2. The maximum absolute atomic E-state index is 6.06. The molecule has 2 rings (SSSR count). The maximum Gasteiger partial charge on any atom is 0.182 e. The van der Waals surface area contributed by atoms with Gasteiger partial charge in [0, 0.05) is 17.0 Å². The van der Waals surface area contributed by atoms with Gasteiger partial charge in [-0.3, -0.25) is 5.10 Å². The van der Waals surface area contributed by atoms with Crippen molar-refractivity contribution in [2.75, 3.05) is 0 Å². The highest BCUT2D eigenvalue weighted by Crippen LogP contribution is 2.28. The molecule has 5 heteroatoms. The number of aromatic amines is 1. The summed E-state index contributed by atoms with van der Waals surface area (Å²) in [5, 5.41) is 8.25. The van der Waals surface area contributed by atoms with Crippen LogP contribution < -0.4 is 0 Å². The Kier molecular flexibility index (Phi) is 3.46. The molecule has 0 amide bonds. The van der Waals surface area contributed by atoms with E-state index in [-0.39, 0.29) is 0 Å². The molecule has 1 aromatic heterocycles. The third-order valence-corrected chi connectivity index (χ3v) is 2.75. The first-order chi connectivity index (χ1) is 7.70. The third-order valence-electron chi connectivity index (χ3n) is 2.19. The zero-order chi connectivity index (χ0) is 11.5. The maximum atomic E-state index is 6.06. The molecule has 0 aliphatic heterocycles. The Bertz CT molecular complexity index is 494. The number of benzene rings is 1. The smallest absolute Gasteiger partial charge is 0.182 e. The molecule has 0 bridgehead atoms. The molecule has 1 aromatic carbocycles. The monoisotopic (exact) mass is 255 g/mol. The molecule has 0 saturated heterocycles. The summed E-state index contributed by atoms with van der Waals surface area (Å²) >= 11 is 12.0. The minimum Gasteiger partial charge on any atom is -0.263 e. The fraction of sp³-hybridized carbons (Fsp3) is 0.273. The molecule has 1 N–H and O–H groups in total. The standard InChI is InChI=1S/C11H11Cl2N3/c1-2-3-10-14-11(16-15-10)8-6-7(12)4-5-9(8)13/h4-6H,2-3H2,1H3,(H,14,15,16). The number of aromatic nitrogens is 3. The fourth-order valence-electron chi connectivity index (χ4n) is 1.43. The van der Waals surface area contributed by atoms with Crippen molar-refractivity contribution in [2.24, 2.45) is 0 Å². The lowest BCUT2D eigenvalue weighted by molar-refractivity contribution is 0.841. The summed E-state index contributed by atoms with van der Waals surface area (Å²) < 4.78 is 0. The van der Waals surface area contributed by atoms with Gasteiger partial charge in [0.2, 0.25) is 0 Å². The van der Waals surface area contributed by atoms with Crippen molar-refractivity contribution in [3.8, 4) is 11.4 Å². The van der Waals surface area contributed by atoms with E-state index in [2.05, 4.69) is 22.1 Å². The van der Waals surface area contributed by atoms with E-state index >= 15 is 0 Å². The largest absolute Gasteiger partial charge is 0.263 e. The quantitative estimate of drug-likeness (QED) is 0.908. The second kappa shape index (κ2) is 4.85. The molecule has 0 radical (unpaired) electrons. The van der Waals surface area contributed by atoms with E-state index in [9.17, 15) is 0 Å². The first-order valence-corrected chi connectivity index (χ1v) is 5.83. The van der Waals surface area contributed by atoms with Gasteiger partial charge >= 0.3 is 0 Å². The zero-order valence-electron chi connectivity index (χ0n) is 8.80. The molecule has 0 aliphatic rings. The van der Waals surface area contributed by atoms with Gasteiger partial charge in [-0.05, 0) is 24.6 Å². The SMILES string of the molecule is CCCc1nc(-c2cc(Cl)ccc2Cl)n[nH]1. The number of aryl methyl sites for hydroxylation is 1. The second-order valence-corrected chi connectivity index (χ2v) is 4.32. The molecule has 84 valence electrons. The van der Waals surface area contributed by atoms with Gasteiger partial charge < -0.3 is 0 Å². The van der Waals surface area contributed by atoms with E-state index in [1.54, 1.807) is 18.2 Å². The highest BCUT2D eigenvalue weighted by Gasteiger charge is 2.09. The fourth-order valence-corrected chi connectivity index (χ4v) is 1.81. The highest BCUT2D eigenvalue weighted by atomic mass is 35.5. The Morgan fingerprint density at radius 2 is 2.12 bits per heavy atom. The van der Waals surface area contributed by atoms with Crippen molar-refractivity contribution in [1.29, 1.82) is 0 Å². The van der Waals surface area contributed by atoms with Crippen LogP contribution in [0.1, 0.15) is 19.2 Å². The van der Waals surface area contributed by atoms with Crippen molar-refractivity contribution in [3.05, 3.63) is 34.1 Å². The van der Waals surface area contributed by atoms with Crippen LogP contribution in [0.25, 0.3) is 11.4 Å². The van der Waals surface area contributed by atoms with Gasteiger partial charge in [0.05, 0.1) is 5.02 Å². The summed E-state index contributed by atoms with van der Waals surface area (Å²) in [7, 11) is 0. The Morgan fingerprint density at radius 1 is 1.31 bits per heavy atom. The van der Waals surface area contributed by atoms with Gasteiger partial charge in [0.1, 0.15) is 5.82 Å². The van der Waals surface area contributed by atoms with Gasteiger partial charge in [0.15, 0.2) is 5.82 Å². The topological polar surface area (TPSA) is 41.6 Å². The highest BCUT2D eigenvalue weighted by molar-refractivity contribution is 6.35. The van der Waals surface area contributed by atoms with Crippen LogP contribution in [-0.2, 0) is 6.42 Å². The van der Waals surface area contributed by atoms with Gasteiger partial charge in [0.25, 0.3) is 0 Å². The van der Waals surface area contributed by atoms with E-state index in [0.717, 1.165) is 24.2 Å².